The van der Waals surface area contributed by atoms with E-state index in [9.17, 15) is 4.79 Å². The van der Waals surface area contributed by atoms with Crippen molar-refractivity contribution in [2.24, 2.45) is 0 Å². The number of rotatable bonds is 3. The van der Waals surface area contributed by atoms with Gasteiger partial charge in [-0.1, -0.05) is 19.1 Å². The van der Waals surface area contributed by atoms with Crippen LogP contribution < -0.4 is 0 Å². The minimum absolute atomic E-state index is 0.0991. The standard InChI is InChI=1S/C18H19N3OS2/c1-3-12-16(23-11(2)19-12)18(22)21-10-6-8-14(21)17-20-13-7-4-5-9-15(13)24-17/h4-5,7,9,14H,3,6,8,10H2,1-2H3/t14-/m0/s1. The summed E-state index contributed by atoms with van der Waals surface area (Å²) >= 11 is 3.23. The zero-order chi connectivity index (χ0) is 16.7. The summed E-state index contributed by atoms with van der Waals surface area (Å²) in [5.41, 5.74) is 1.96. The predicted octanol–water partition coefficient (Wildman–Crippen LogP) is 4.60. The fourth-order valence-corrected chi connectivity index (χ4v) is 5.39. The minimum Gasteiger partial charge on any atom is -0.328 e. The predicted molar refractivity (Wildman–Crippen MR) is 98.9 cm³/mol. The summed E-state index contributed by atoms with van der Waals surface area (Å²) in [6, 6.07) is 8.28. The highest BCUT2D eigenvalue weighted by Crippen LogP contribution is 2.38. The van der Waals surface area contributed by atoms with E-state index >= 15 is 0 Å². The summed E-state index contributed by atoms with van der Waals surface area (Å²) in [6.07, 6.45) is 2.82. The number of benzene rings is 1. The van der Waals surface area contributed by atoms with E-state index in [0.29, 0.717) is 0 Å². The molecular formula is C18H19N3OS2. The Bertz CT molecular complexity index is 866. The number of aryl methyl sites for hydroxylation is 2. The Labute approximate surface area is 149 Å². The molecule has 0 aliphatic carbocycles. The molecule has 124 valence electrons. The Balaban J connectivity index is 1.68. The van der Waals surface area contributed by atoms with Crippen LogP contribution in [0.3, 0.4) is 0 Å². The summed E-state index contributed by atoms with van der Waals surface area (Å²) in [5.74, 6) is 0.124. The summed E-state index contributed by atoms with van der Waals surface area (Å²) in [4.78, 5) is 25.2. The average Bonchev–Trinajstić information content (AvgIpc) is 3.30. The number of likely N-dealkylation sites (tertiary alicyclic amines) is 1. The fraction of sp³-hybridized carbons (Fsp3) is 0.389. The van der Waals surface area contributed by atoms with Crippen molar-refractivity contribution < 1.29 is 4.79 Å². The van der Waals surface area contributed by atoms with Gasteiger partial charge in [0, 0.05) is 6.54 Å². The SMILES string of the molecule is CCc1nc(C)sc1C(=O)N1CCC[C@H]1c1nc2ccccc2s1. The first-order valence-electron chi connectivity index (χ1n) is 8.30. The Morgan fingerprint density at radius 1 is 1.29 bits per heavy atom. The largest absolute Gasteiger partial charge is 0.328 e. The summed E-state index contributed by atoms with van der Waals surface area (Å²) in [7, 11) is 0. The van der Waals surface area contributed by atoms with E-state index in [4.69, 9.17) is 4.98 Å². The second kappa shape index (κ2) is 6.26. The number of aromatic nitrogens is 2. The Morgan fingerprint density at radius 2 is 2.12 bits per heavy atom. The van der Waals surface area contributed by atoms with Gasteiger partial charge in [0.1, 0.15) is 9.88 Å². The van der Waals surface area contributed by atoms with Crippen molar-refractivity contribution in [3.8, 4) is 0 Å². The second-order valence-electron chi connectivity index (χ2n) is 6.04. The maximum absolute atomic E-state index is 13.1. The molecule has 0 unspecified atom stereocenters. The van der Waals surface area contributed by atoms with E-state index in [0.717, 1.165) is 51.9 Å². The summed E-state index contributed by atoms with van der Waals surface area (Å²) in [6.45, 7) is 4.83. The molecular weight excluding hydrogens is 338 g/mol. The molecule has 4 nitrogen and oxygen atoms in total. The van der Waals surface area contributed by atoms with Crippen LogP contribution in [0.4, 0.5) is 0 Å². The fourth-order valence-electron chi connectivity index (χ4n) is 3.31. The molecule has 3 aromatic rings. The molecule has 1 saturated heterocycles. The molecule has 1 atom stereocenters. The third kappa shape index (κ3) is 2.63. The smallest absolute Gasteiger partial charge is 0.266 e. The van der Waals surface area contributed by atoms with Crippen LogP contribution in [-0.4, -0.2) is 27.3 Å². The number of carbonyl (C=O) groups excluding carboxylic acids is 1. The number of amides is 1. The number of para-hydroxylation sites is 1. The molecule has 2 aromatic heterocycles. The maximum atomic E-state index is 13.1. The van der Waals surface area contributed by atoms with Crippen molar-refractivity contribution >= 4 is 38.8 Å². The van der Waals surface area contributed by atoms with Crippen LogP contribution in [-0.2, 0) is 6.42 Å². The first-order valence-corrected chi connectivity index (χ1v) is 9.93. The van der Waals surface area contributed by atoms with E-state index < -0.39 is 0 Å². The first-order chi connectivity index (χ1) is 11.7. The van der Waals surface area contributed by atoms with Gasteiger partial charge in [0.2, 0.25) is 0 Å². The molecule has 1 amide bonds. The van der Waals surface area contributed by atoms with Crippen molar-refractivity contribution in [1.29, 1.82) is 0 Å². The van der Waals surface area contributed by atoms with E-state index in [2.05, 4.69) is 18.0 Å². The second-order valence-corrected chi connectivity index (χ2v) is 8.30. The van der Waals surface area contributed by atoms with Crippen LogP contribution in [0.5, 0.6) is 0 Å². The van der Waals surface area contributed by atoms with E-state index in [1.165, 1.54) is 16.0 Å². The molecule has 0 N–H and O–H groups in total. The zero-order valence-electron chi connectivity index (χ0n) is 13.8. The van der Waals surface area contributed by atoms with Gasteiger partial charge < -0.3 is 4.90 Å². The lowest BCUT2D eigenvalue weighted by Gasteiger charge is -2.22. The van der Waals surface area contributed by atoms with Gasteiger partial charge in [0.15, 0.2) is 0 Å². The van der Waals surface area contributed by atoms with Gasteiger partial charge >= 0.3 is 0 Å². The molecule has 1 aromatic carbocycles. The Hall–Kier alpha value is -1.79. The van der Waals surface area contributed by atoms with Crippen molar-refractivity contribution in [2.75, 3.05) is 6.54 Å². The number of hydrogen-bond acceptors (Lipinski definition) is 5. The van der Waals surface area contributed by atoms with E-state index in [-0.39, 0.29) is 11.9 Å². The quantitative estimate of drug-likeness (QED) is 0.688. The zero-order valence-corrected chi connectivity index (χ0v) is 15.4. The van der Waals surface area contributed by atoms with E-state index in [1.54, 1.807) is 11.3 Å². The van der Waals surface area contributed by atoms with Crippen LogP contribution in [0.15, 0.2) is 24.3 Å². The number of nitrogens with zero attached hydrogens (tertiary/aromatic N) is 3. The number of carbonyl (C=O) groups is 1. The van der Waals surface area contributed by atoms with Crippen molar-refractivity contribution in [3.05, 3.63) is 44.9 Å². The number of hydrogen-bond donors (Lipinski definition) is 0. The third-order valence-corrected chi connectivity index (χ3v) is 6.58. The normalized spacial score (nSPS) is 17.8. The minimum atomic E-state index is 0.0991. The maximum Gasteiger partial charge on any atom is 0.266 e. The lowest BCUT2D eigenvalue weighted by Crippen LogP contribution is -2.30. The topological polar surface area (TPSA) is 46.1 Å². The summed E-state index contributed by atoms with van der Waals surface area (Å²) in [5, 5.41) is 2.02. The van der Waals surface area contributed by atoms with Crippen LogP contribution >= 0.6 is 22.7 Å². The van der Waals surface area contributed by atoms with Gasteiger partial charge in [-0.3, -0.25) is 4.79 Å². The van der Waals surface area contributed by atoms with Gasteiger partial charge in [-0.05, 0) is 38.3 Å². The molecule has 4 rings (SSSR count). The van der Waals surface area contributed by atoms with Crippen LogP contribution in [0.25, 0.3) is 10.2 Å². The summed E-state index contributed by atoms with van der Waals surface area (Å²) < 4.78 is 1.19. The molecule has 0 radical (unpaired) electrons. The third-order valence-electron chi connectivity index (χ3n) is 4.44. The van der Waals surface area contributed by atoms with Crippen LogP contribution in [0.2, 0.25) is 0 Å². The van der Waals surface area contributed by atoms with Crippen molar-refractivity contribution in [2.45, 2.75) is 39.2 Å². The highest BCUT2D eigenvalue weighted by Gasteiger charge is 2.34. The molecule has 1 fully saturated rings. The van der Waals surface area contributed by atoms with Gasteiger partial charge in [0.25, 0.3) is 5.91 Å². The van der Waals surface area contributed by atoms with Crippen molar-refractivity contribution in [3.63, 3.8) is 0 Å². The lowest BCUT2D eigenvalue weighted by molar-refractivity contribution is 0.0739. The molecule has 3 heterocycles. The molecule has 6 heteroatoms. The average molecular weight is 358 g/mol. The van der Waals surface area contributed by atoms with Crippen LogP contribution in [0.1, 0.15) is 51.2 Å². The van der Waals surface area contributed by atoms with Gasteiger partial charge in [0.05, 0.1) is 27.0 Å². The lowest BCUT2D eigenvalue weighted by atomic mass is 10.2. The molecule has 0 saturated carbocycles. The van der Waals surface area contributed by atoms with Gasteiger partial charge in [-0.15, -0.1) is 22.7 Å². The Morgan fingerprint density at radius 3 is 2.92 bits per heavy atom. The highest BCUT2D eigenvalue weighted by atomic mass is 32.1. The molecule has 0 bridgehead atoms. The van der Waals surface area contributed by atoms with E-state index in [1.807, 2.05) is 30.0 Å². The first kappa shape index (κ1) is 15.7. The number of fused-ring (bicyclic) bond motifs is 1. The molecule has 1 aliphatic heterocycles. The number of thiazole rings is 2. The highest BCUT2D eigenvalue weighted by molar-refractivity contribution is 7.18. The van der Waals surface area contributed by atoms with Crippen LogP contribution in [0, 0.1) is 6.92 Å². The van der Waals surface area contributed by atoms with Gasteiger partial charge in [-0.25, -0.2) is 9.97 Å². The van der Waals surface area contributed by atoms with Gasteiger partial charge in [-0.2, -0.15) is 0 Å². The molecule has 0 spiro atoms. The molecule has 24 heavy (non-hydrogen) atoms. The monoisotopic (exact) mass is 357 g/mol. The molecule has 1 aliphatic rings. The Kier molecular flexibility index (Phi) is 4.10. The van der Waals surface area contributed by atoms with Crippen molar-refractivity contribution in [1.82, 2.24) is 14.9 Å².